The van der Waals surface area contributed by atoms with Gasteiger partial charge in [-0.2, -0.15) is 0 Å². The minimum atomic E-state index is -1.02. The van der Waals surface area contributed by atoms with Gasteiger partial charge in [-0.25, -0.2) is 4.79 Å². The lowest BCUT2D eigenvalue weighted by atomic mass is 9.97. The predicted molar refractivity (Wildman–Crippen MR) is 129 cm³/mol. The second-order valence-corrected chi connectivity index (χ2v) is 9.82. The number of aryl methyl sites for hydroxylation is 2. The molecule has 2 N–H and O–H groups in total. The van der Waals surface area contributed by atoms with Crippen LogP contribution in [0.5, 0.6) is 0 Å². The lowest BCUT2D eigenvalue weighted by molar-refractivity contribution is -0.144. The van der Waals surface area contributed by atoms with Gasteiger partial charge in [0.2, 0.25) is 11.8 Å². The number of carbonyl (C=O) groups is 4. The van der Waals surface area contributed by atoms with E-state index in [-0.39, 0.29) is 12.5 Å². The number of alkyl carbamates (subject to hydrolysis) is 1. The van der Waals surface area contributed by atoms with E-state index in [1.54, 1.807) is 26.8 Å². The van der Waals surface area contributed by atoms with E-state index in [9.17, 15) is 19.2 Å². The topological polar surface area (TPSA) is 114 Å². The van der Waals surface area contributed by atoms with Crippen LogP contribution >= 0.6 is 0 Å². The van der Waals surface area contributed by atoms with Gasteiger partial charge in [0.15, 0.2) is 0 Å². The first kappa shape index (κ1) is 28.9. The third-order valence-corrected chi connectivity index (χ3v) is 5.16. The molecule has 2 unspecified atom stereocenters. The molecule has 34 heavy (non-hydrogen) atoms. The number of hydrogen-bond acceptors (Lipinski definition) is 6. The van der Waals surface area contributed by atoms with Crippen molar-refractivity contribution in [3.05, 3.63) is 34.9 Å². The molecule has 0 radical (unpaired) electrons. The fraction of sp³-hybridized carbons (Fsp3) is 0.600. The van der Waals surface area contributed by atoms with Gasteiger partial charge in [-0.1, -0.05) is 32.0 Å². The minimum Gasteiger partial charge on any atom is -0.468 e. The second kappa shape index (κ2) is 12.4. The molecule has 0 saturated carbocycles. The molecule has 0 spiro atoms. The van der Waals surface area contributed by atoms with Crippen molar-refractivity contribution in [1.29, 1.82) is 0 Å². The summed E-state index contributed by atoms with van der Waals surface area (Å²) in [6.07, 6.45) is -0.357. The zero-order chi connectivity index (χ0) is 26.2. The number of carbonyl (C=O) groups excluding carboxylic acids is 4. The van der Waals surface area contributed by atoms with Crippen molar-refractivity contribution >= 4 is 23.9 Å². The smallest absolute Gasteiger partial charge is 0.408 e. The number of ether oxygens (including phenoxy) is 2. The van der Waals surface area contributed by atoms with E-state index in [1.807, 2.05) is 39.8 Å². The van der Waals surface area contributed by atoms with Gasteiger partial charge in [-0.05, 0) is 63.6 Å². The summed E-state index contributed by atoms with van der Waals surface area (Å²) in [5, 5.41) is 5.19. The van der Waals surface area contributed by atoms with Crippen LogP contribution in [0.25, 0.3) is 0 Å². The van der Waals surface area contributed by atoms with Gasteiger partial charge in [0.1, 0.15) is 24.2 Å². The summed E-state index contributed by atoms with van der Waals surface area (Å²) < 4.78 is 9.93. The number of methoxy groups -OCH3 is 1. The summed E-state index contributed by atoms with van der Waals surface area (Å²) in [6, 6.07) is 3.55. The lowest BCUT2D eigenvalue weighted by Gasteiger charge is -2.32. The standard InChI is InChI=1S/C25H39N3O6/c1-15(2)12-19(27-24(32)34-25(5,6)7)23(31)28(8)21(22(30)26-14-20(29)33-9)18-11-10-16(3)17(4)13-18/h10-11,13,15,19,21H,12,14H2,1-9H3,(H,26,30)(H,27,32). The largest absolute Gasteiger partial charge is 0.468 e. The summed E-state index contributed by atoms with van der Waals surface area (Å²) in [6.45, 7) is 12.6. The van der Waals surface area contributed by atoms with Gasteiger partial charge >= 0.3 is 12.1 Å². The van der Waals surface area contributed by atoms with Crippen molar-refractivity contribution in [3.8, 4) is 0 Å². The number of benzene rings is 1. The van der Waals surface area contributed by atoms with E-state index in [0.29, 0.717) is 12.0 Å². The molecule has 9 heteroatoms. The zero-order valence-corrected chi connectivity index (χ0v) is 21.8. The van der Waals surface area contributed by atoms with Crippen LogP contribution in [0.15, 0.2) is 18.2 Å². The number of likely N-dealkylation sites (N-methyl/N-ethyl adjacent to an activating group) is 1. The van der Waals surface area contributed by atoms with Crippen molar-refractivity contribution in [1.82, 2.24) is 15.5 Å². The highest BCUT2D eigenvalue weighted by Gasteiger charge is 2.34. The summed E-state index contributed by atoms with van der Waals surface area (Å²) in [5.74, 6) is -1.50. The third-order valence-electron chi connectivity index (χ3n) is 5.16. The Balaban J connectivity index is 3.29. The van der Waals surface area contributed by atoms with Gasteiger partial charge in [0, 0.05) is 7.05 Å². The monoisotopic (exact) mass is 477 g/mol. The van der Waals surface area contributed by atoms with Crippen LogP contribution in [0, 0.1) is 19.8 Å². The Hall–Kier alpha value is -3.10. The van der Waals surface area contributed by atoms with E-state index >= 15 is 0 Å². The van der Waals surface area contributed by atoms with Crippen molar-refractivity contribution in [2.45, 2.75) is 72.6 Å². The van der Waals surface area contributed by atoms with Crippen LogP contribution in [0.4, 0.5) is 4.79 Å². The average molecular weight is 478 g/mol. The first-order chi connectivity index (χ1) is 15.7. The van der Waals surface area contributed by atoms with Crippen LogP contribution in [-0.2, 0) is 23.9 Å². The Kier molecular flexibility index (Phi) is 10.5. The molecule has 0 bridgehead atoms. The highest BCUT2D eigenvalue weighted by atomic mass is 16.6. The third kappa shape index (κ3) is 9.03. The molecule has 190 valence electrons. The number of nitrogens with zero attached hydrogens (tertiary/aromatic N) is 1. The van der Waals surface area contributed by atoms with Crippen LogP contribution in [0.2, 0.25) is 0 Å². The number of esters is 1. The van der Waals surface area contributed by atoms with E-state index in [2.05, 4.69) is 15.4 Å². The molecule has 0 aromatic heterocycles. The summed E-state index contributed by atoms with van der Waals surface area (Å²) in [7, 11) is 2.73. The highest BCUT2D eigenvalue weighted by molar-refractivity contribution is 5.93. The van der Waals surface area contributed by atoms with Crippen LogP contribution in [-0.4, -0.2) is 61.1 Å². The van der Waals surface area contributed by atoms with Crippen LogP contribution in [0.3, 0.4) is 0 Å². The van der Waals surface area contributed by atoms with Crippen molar-refractivity contribution in [2.75, 3.05) is 20.7 Å². The van der Waals surface area contributed by atoms with Crippen LogP contribution in [0.1, 0.15) is 63.8 Å². The summed E-state index contributed by atoms with van der Waals surface area (Å²) in [5.41, 5.74) is 1.85. The Morgan fingerprint density at radius 3 is 2.18 bits per heavy atom. The first-order valence-corrected chi connectivity index (χ1v) is 11.3. The summed E-state index contributed by atoms with van der Waals surface area (Å²) in [4.78, 5) is 51.9. The van der Waals surface area contributed by atoms with E-state index < -0.39 is 41.6 Å². The van der Waals surface area contributed by atoms with Crippen molar-refractivity contribution in [3.63, 3.8) is 0 Å². The molecule has 0 saturated heterocycles. The number of rotatable bonds is 9. The SMILES string of the molecule is COC(=O)CNC(=O)C(c1ccc(C)c(C)c1)N(C)C(=O)C(CC(C)C)NC(=O)OC(C)(C)C. The molecule has 0 fully saturated rings. The number of amides is 3. The van der Waals surface area contributed by atoms with E-state index in [0.717, 1.165) is 11.1 Å². The van der Waals surface area contributed by atoms with Gasteiger partial charge < -0.3 is 25.0 Å². The van der Waals surface area contributed by atoms with Crippen molar-refractivity contribution < 1.29 is 28.7 Å². The predicted octanol–water partition coefficient (Wildman–Crippen LogP) is 3.03. The molecule has 0 aliphatic carbocycles. The van der Waals surface area contributed by atoms with Crippen LogP contribution < -0.4 is 10.6 Å². The zero-order valence-electron chi connectivity index (χ0n) is 21.8. The molecule has 1 aromatic carbocycles. The Morgan fingerprint density at radius 1 is 1.06 bits per heavy atom. The molecule has 9 nitrogen and oxygen atoms in total. The molecular formula is C25H39N3O6. The molecule has 3 amide bonds. The Bertz CT molecular complexity index is 891. The van der Waals surface area contributed by atoms with Gasteiger partial charge in [-0.3, -0.25) is 14.4 Å². The molecule has 0 aliphatic rings. The quantitative estimate of drug-likeness (QED) is 0.529. The van der Waals surface area contributed by atoms with Gasteiger partial charge in [-0.15, -0.1) is 0 Å². The van der Waals surface area contributed by atoms with E-state index in [1.165, 1.54) is 19.1 Å². The molecule has 1 rings (SSSR count). The molecule has 0 heterocycles. The fourth-order valence-electron chi connectivity index (χ4n) is 3.33. The highest BCUT2D eigenvalue weighted by Crippen LogP contribution is 2.24. The maximum absolute atomic E-state index is 13.5. The minimum absolute atomic E-state index is 0.0884. The van der Waals surface area contributed by atoms with Gasteiger partial charge in [0.25, 0.3) is 0 Å². The molecule has 1 aromatic rings. The van der Waals surface area contributed by atoms with Gasteiger partial charge in [0.05, 0.1) is 7.11 Å². The normalized spacial score (nSPS) is 13.0. The first-order valence-electron chi connectivity index (χ1n) is 11.3. The maximum Gasteiger partial charge on any atom is 0.408 e. The molecular weight excluding hydrogens is 438 g/mol. The Morgan fingerprint density at radius 2 is 1.68 bits per heavy atom. The second-order valence-electron chi connectivity index (χ2n) is 9.82. The number of hydrogen-bond donors (Lipinski definition) is 2. The lowest BCUT2D eigenvalue weighted by Crippen LogP contribution is -2.52. The number of nitrogens with one attached hydrogen (secondary N) is 2. The maximum atomic E-state index is 13.5. The molecule has 2 atom stereocenters. The van der Waals surface area contributed by atoms with E-state index in [4.69, 9.17) is 4.74 Å². The fourth-order valence-corrected chi connectivity index (χ4v) is 3.33. The summed E-state index contributed by atoms with van der Waals surface area (Å²) >= 11 is 0. The average Bonchev–Trinajstić information content (AvgIpc) is 2.71. The molecule has 0 aliphatic heterocycles. The Labute approximate surface area is 202 Å². The van der Waals surface area contributed by atoms with Crippen molar-refractivity contribution in [2.24, 2.45) is 5.92 Å².